The average Bonchev–Trinajstić information content (AvgIpc) is 3.21. The van der Waals surface area contributed by atoms with E-state index in [0.717, 1.165) is 57.9 Å². The summed E-state index contributed by atoms with van der Waals surface area (Å²) in [5, 5.41) is 6.54. The summed E-state index contributed by atoms with van der Waals surface area (Å²) >= 11 is 0. The molecule has 0 radical (unpaired) electrons. The van der Waals surface area contributed by atoms with Gasteiger partial charge in [0.15, 0.2) is 5.96 Å². The number of hydrogen-bond donors (Lipinski definition) is 2. The smallest absolute Gasteiger partial charge is 0.244 e. The molecule has 0 unspecified atom stereocenters. The zero-order valence-electron chi connectivity index (χ0n) is 13.9. The number of carbonyl (C=O) groups excluding carboxylic acids is 1. The highest BCUT2D eigenvalue weighted by molar-refractivity contribution is 5.85. The number of nitrogens with zero attached hydrogens (tertiary/aromatic N) is 3. The average molecular weight is 309 g/mol. The molecule has 0 bridgehead atoms. The first-order valence-electron chi connectivity index (χ1n) is 8.82. The van der Waals surface area contributed by atoms with Crippen molar-refractivity contribution in [2.24, 2.45) is 4.99 Å². The molecule has 126 valence electrons. The monoisotopic (exact) mass is 309 g/mol. The highest BCUT2D eigenvalue weighted by atomic mass is 16.2. The third-order valence-corrected chi connectivity index (χ3v) is 4.32. The second-order valence-electron chi connectivity index (χ2n) is 6.11. The maximum atomic E-state index is 12.0. The number of aliphatic imine (C=N–C) groups is 1. The summed E-state index contributed by atoms with van der Waals surface area (Å²) in [5.74, 6) is 0.906. The van der Waals surface area contributed by atoms with Crippen LogP contribution in [0.4, 0.5) is 0 Å². The van der Waals surface area contributed by atoms with Crippen molar-refractivity contribution >= 4 is 11.9 Å². The first-order valence-corrected chi connectivity index (χ1v) is 8.82. The van der Waals surface area contributed by atoms with Crippen LogP contribution >= 0.6 is 0 Å². The normalized spacial score (nSPS) is 19.7. The molecule has 1 amide bonds. The largest absolute Gasteiger partial charge is 0.357 e. The highest BCUT2D eigenvalue weighted by Crippen LogP contribution is 2.07. The van der Waals surface area contributed by atoms with Gasteiger partial charge < -0.3 is 20.4 Å². The predicted molar refractivity (Wildman–Crippen MR) is 90.1 cm³/mol. The summed E-state index contributed by atoms with van der Waals surface area (Å²) in [6, 6.07) is 0. The first-order chi connectivity index (χ1) is 10.8. The zero-order chi connectivity index (χ0) is 15.6. The van der Waals surface area contributed by atoms with Gasteiger partial charge in [-0.2, -0.15) is 0 Å². The number of likely N-dealkylation sites (tertiary alicyclic amines) is 2. The maximum absolute atomic E-state index is 12.0. The van der Waals surface area contributed by atoms with E-state index < -0.39 is 0 Å². The molecule has 2 N–H and O–H groups in total. The minimum atomic E-state index is 0.145. The van der Waals surface area contributed by atoms with Gasteiger partial charge in [0.2, 0.25) is 5.91 Å². The van der Waals surface area contributed by atoms with Crippen LogP contribution in [0.2, 0.25) is 0 Å². The molecule has 2 aliphatic rings. The van der Waals surface area contributed by atoms with E-state index in [1.807, 2.05) is 11.8 Å². The van der Waals surface area contributed by atoms with Crippen molar-refractivity contribution < 1.29 is 4.79 Å². The number of guanidine groups is 1. The van der Waals surface area contributed by atoms with E-state index >= 15 is 0 Å². The molecular weight excluding hydrogens is 278 g/mol. The Morgan fingerprint density at radius 1 is 1.05 bits per heavy atom. The van der Waals surface area contributed by atoms with Crippen molar-refractivity contribution in [3.8, 4) is 0 Å². The molecule has 0 aromatic rings. The lowest BCUT2D eigenvalue weighted by Crippen LogP contribution is -2.40. The standard InChI is InChI=1S/C16H31N5O/c1-2-17-16(18-8-7-11-20-9-3-4-10-20)19-14-15(22)21-12-5-6-13-21/h2-14H2,1H3,(H2,17,18,19). The van der Waals surface area contributed by atoms with Crippen molar-refractivity contribution in [1.82, 2.24) is 20.4 Å². The highest BCUT2D eigenvalue weighted by Gasteiger charge is 2.17. The molecule has 0 aromatic heterocycles. The van der Waals surface area contributed by atoms with E-state index in [9.17, 15) is 4.79 Å². The Morgan fingerprint density at radius 3 is 2.41 bits per heavy atom. The second-order valence-corrected chi connectivity index (χ2v) is 6.11. The topological polar surface area (TPSA) is 60.0 Å². The number of amides is 1. The van der Waals surface area contributed by atoms with Crippen LogP contribution in [0, 0.1) is 0 Å². The molecule has 0 saturated carbocycles. The van der Waals surface area contributed by atoms with Gasteiger partial charge in [0, 0.05) is 26.2 Å². The van der Waals surface area contributed by atoms with Crippen molar-refractivity contribution in [2.75, 3.05) is 52.4 Å². The molecule has 2 rings (SSSR count). The molecular formula is C16H31N5O. The number of nitrogens with one attached hydrogen (secondary N) is 2. The number of hydrogen-bond acceptors (Lipinski definition) is 3. The minimum Gasteiger partial charge on any atom is -0.357 e. The van der Waals surface area contributed by atoms with Gasteiger partial charge in [0.1, 0.15) is 6.54 Å². The van der Waals surface area contributed by atoms with Crippen LogP contribution in [0.15, 0.2) is 4.99 Å². The van der Waals surface area contributed by atoms with Crippen molar-refractivity contribution in [2.45, 2.75) is 39.0 Å². The number of carbonyl (C=O) groups is 1. The third kappa shape index (κ3) is 5.83. The van der Waals surface area contributed by atoms with Crippen molar-refractivity contribution in [1.29, 1.82) is 0 Å². The van der Waals surface area contributed by atoms with E-state index in [1.54, 1.807) is 0 Å². The third-order valence-electron chi connectivity index (χ3n) is 4.32. The van der Waals surface area contributed by atoms with Crippen LogP contribution < -0.4 is 10.6 Å². The Labute approximate surface area is 134 Å². The van der Waals surface area contributed by atoms with Gasteiger partial charge in [-0.1, -0.05) is 0 Å². The first kappa shape index (κ1) is 17.1. The Morgan fingerprint density at radius 2 is 1.73 bits per heavy atom. The van der Waals surface area contributed by atoms with Gasteiger partial charge in [-0.25, -0.2) is 4.99 Å². The summed E-state index contributed by atoms with van der Waals surface area (Å²) < 4.78 is 0. The predicted octanol–water partition coefficient (Wildman–Crippen LogP) is 0.650. The van der Waals surface area contributed by atoms with Crippen molar-refractivity contribution in [3.63, 3.8) is 0 Å². The van der Waals surface area contributed by atoms with Crippen LogP contribution in [-0.2, 0) is 4.79 Å². The Balaban J connectivity index is 1.66. The summed E-state index contributed by atoms with van der Waals surface area (Å²) in [5.41, 5.74) is 0. The van der Waals surface area contributed by atoms with Crippen LogP contribution in [-0.4, -0.2) is 74.0 Å². The molecule has 6 nitrogen and oxygen atoms in total. The molecule has 2 aliphatic heterocycles. The second kappa shape index (κ2) is 9.66. The summed E-state index contributed by atoms with van der Waals surface area (Å²) in [6.45, 7) is 9.46. The van der Waals surface area contributed by atoms with Crippen LogP contribution in [0.1, 0.15) is 39.0 Å². The quantitative estimate of drug-likeness (QED) is 0.412. The van der Waals surface area contributed by atoms with E-state index in [-0.39, 0.29) is 12.5 Å². The van der Waals surface area contributed by atoms with Gasteiger partial charge in [0.05, 0.1) is 0 Å². The Kier molecular flexibility index (Phi) is 7.49. The van der Waals surface area contributed by atoms with Crippen LogP contribution in [0.3, 0.4) is 0 Å². The Bertz CT molecular complexity index is 360. The molecule has 2 heterocycles. The summed E-state index contributed by atoms with van der Waals surface area (Å²) in [4.78, 5) is 20.9. The lowest BCUT2D eigenvalue weighted by Gasteiger charge is -2.16. The lowest BCUT2D eigenvalue weighted by molar-refractivity contribution is -0.128. The number of rotatable bonds is 7. The van der Waals surface area contributed by atoms with E-state index in [2.05, 4.69) is 20.5 Å². The molecule has 2 fully saturated rings. The molecule has 0 atom stereocenters. The van der Waals surface area contributed by atoms with E-state index in [0.29, 0.717) is 0 Å². The van der Waals surface area contributed by atoms with Crippen LogP contribution in [0.5, 0.6) is 0 Å². The molecule has 2 saturated heterocycles. The molecule has 6 heteroatoms. The fraction of sp³-hybridized carbons (Fsp3) is 0.875. The zero-order valence-corrected chi connectivity index (χ0v) is 13.9. The summed E-state index contributed by atoms with van der Waals surface area (Å²) in [7, 11) is 0. The maximum Gasteiger partial charge on any atom is 0.244 e. The van der Waals surface area contributed by atoms with Gasteiger partial charge in [-0.15, -0.1) is 0 Å². The van der Waals surface area contributed by atoms with E-state index in [4.69, 9.17) is 0 Å². The lowest BCUT2D eigenvalue weighted by atomic mass is 10.4. The molecule has 0 spiro atoms. The molecule has 0 aliphatic carbocycles. The van der Waals surface area contributed by atoms with Gasteiger partial charge in [-0.05, 0) is 58.7 Å². The van der Waals surface area contributed by atoms with Gasteiger partial charge in [0.25, 0.3) is 0 Å². The summed E-state index contributed by atoms with van der Waals surface area (Å²) in [6.07, 6.45) is 6.06. The van der Waals surface area contributed by atoms with Gasteiger partial charge in [-0.3, -0.25) is 4.79 Å². The fourth-order valence-electron chi connectivity index (χ4n) is 3.07. The fourth-order valence-corrected chi connectivity index (χ4v) is 3.07. The van der Waals surface area contributed by atoms with Crippen LogP contribution in [0.25, 0.3) is 0 Å². The van der Waals surface area contributed by atoms with Gasteiger partial charge >= 0.3 is 0 Å². The Hall–Kier alpha value is -1.30. The van der Waals surface area contributed by atoms with Crippen molar-refractivity contribution in [3.05, 3.63) is 0 Å². The molecule has 22 heavy (non-hydrogen) atoms. The minimum absolute atomic E-state index is 0.145. The SMILES string of the molecule is CCNC(=NCC(=O)N1CCCC1)NCCCN1CCCC1. The van der Waals surface area contributed by atoms with E-state index in [1.165, 1.54) is 25.9 Å². The molecule has 0 aromatic carbocycles.